The van der Waals surface area contributed by atoms with E-state index < -0.39 is 10.0 Å². The van der Waals surface area contributed by atoms with Gasteiger partial charge in [-0.3, -0.25) is 0 Å². The van der Waals surface area contributed by atoms with Crippen LogP contribution in [0.5, 0.6) is 0 Å². The molecule has 0 atom stereocenters. The maximum Gasteiger partial charge on any atom is 0.242 e. The van der Waals surface area contributed by atoms with Crippen LogP contribution in [0.3, 0.4) is 0 Å². The first-order valence-corrected chi connectivity index (χ1v) is 8.35. The SMILES string of the molecule is CCNS(=O)(=O)c1ccccc1N1CCC(C=O)CC1. The van der Waals surface area contributed by atoms with Crippen molar-refractivity contribution in [2.75, 3.05) is 24.5 Å². The number of para-hydroxylation sites is 1. The second kappa shape index (κ2) is 6.37. The number of carbonyl (C=O) groups excluding carboxylic acids is 1. The molecule has 0 radical (unpaired) electrons. The van der Waals surface area contributed by atoms with Gasteiger partial charge in [0.25, 0.3) is 0 Å². The molecule has 2 rings (SSSR count). The standard InChI is InChI=1S/C14H20N2O3S/c1-2-15-20(18,19)14-6-4-3-5-13(14)16-9-7-12(11-17)8-10-16/h3-6,11-12,15H,2,7-10H2,1H3. The van der Waals surface area contributed by atoms with Gasteiger partial charge in [0, 0.05) is 25.6 Å². The van der Waals surface area contributed by atoms with E-state index in [1.165, 1.54) is 0 Å². The van der Waals surface area contributed by atoms with Crippen molar-refractivity contribution in [1.29, 1.82) is 0 Å². The summed E-state index contributed by atoms with van der Waals surface area (Å²) in [6.45, 7) is 3.55. The molecule has 0 saturated carbocycles. The summed E-state index contributed by atoms with van der Waals surface area (Å²) in [5.41, 5.74) is 0.720. The highest BCUT2D eigenvalue weighted by atomic mass is 32.2. The zero-order chi connectivity index (χ0) is 14.6. The van der Waals surface area contributed by atoms with Gasteiger partial charge in [-0.05, 0) is 25.0 Å². The van der Waals surface area contributed by atoms with Crippen molar-refractivity contribution in [3.63, 3.8) is 0 Å². The van der Waals surface area contributed by atoms with Gasteiger partial charge in [0.2, 0.25) is 10.0 Å². The zero-order valence-corrected chi connectivity index (χ0v) is 12.4. The summed E-state index contributed by atoms with van der Waals surface area (Å²) in [5.74, 6) is 0.101. The van der Waals surface area contributed by atoms with Gasteiger partial charge in [0.1, 0.15) is 11.2 Å². The Balaban J connectivity index is 2.27. The van der Waals surface area contributed by atoms with E-state index in [2.05, 4.69) is 4.72 Å². The normalized spacial score (nSPS) is 17.1. The molecular formula is C14H20N2O3S. The topological polar surface area (TPSA) is 66.5 Å². The molecule has 1 aliphatic heterocycles. The highest BCUT2D eigenvalue weighted by Gasteiger charge is 2.24. The van der Waals surface area contributed by atoms with Crippen LogP contribution in [0, 0.1) is 5.92 Å². The second-order valence-electron chi connectivity index (χ2n) is 4.93. The molecule has 20 heavy (non-hydrogen) atoms. The van der Waals surface area contributed by atoms with Gasteiger partial charge < -0.3 is 9.69 Å². The Bertz CT molecular complexity index is 564. The lowest BCUT2D eigenvalue weighted by atomic mass is 9.98. The molecule has 0 bridgehead atoms. The summed E-state index contributed by atoms with van der Waals surface area (Å²) in [6, 6.07) is 7.02. The van der Waals surface area contributed by atoms with E-state index in [1.807, 2.05) is 17.0 Å². The number of nitrogens with zero attached hydrogens (tertiary/aromatic N) is 1. The van der Waals surface area contributed by atoms with Crippen LogP contribution in [0.15, 0.2) is 29.2 Å². The summed E-state index contributed by atoms with van der Waals surface area (Å²) in [7, 11) is -3.47. The third-order valence-electron chi connectivity index (χ3n) is 3.56. The van der Waals surface area contributed by atoms with Crippen molar-refractivity contribution in [2.24, 2.45) is 5.92 Å². The first-order valence-electron chi connectivity index (χ1n) is 6.87. The van der Waals surface area contributed by atoms with Crippen molar-refractivity contribution >= 4 is 22.0 Å². The van der Waals surface area contributed by atoms with Crippen molar-refractivity contribution in [3.8, 4) is 0 Å². The highest BCUT2D eigenvalue weighted by Crippen LogP contribution is 2.28. The van der Waals surface area contributed by atoms with Crippen LogP contribution >= 0.6 is 0 Å². The average Bonchev–Trinajstić information content (AvgIpc) is 2.47. The largest absolute Gasteiger partial charge is 0.370 e. The number of hydrogen-bond donors (Lipinski definition) is 1. The third-order valence-corrected chi connectivity index (χ3v) is 5.15. The van der Waals surface area contributed by atoms with Crippen LogP contribution in [-0.2, 0) is 14.8 Å². The van der Waals surface area contributed by atoms with E-state index in [1.54, 1.807) is 19.1 Å². The molecule has 0 amide bonds. The Kier molecular flexibility index (Phi) is 4.77. The Hall–Kier alpha value is -1.40. The Morgan fingerprint density at radius 1 is 1.30 bits per heavy atom. The summed E-state index contributed by atoms with van der Waals surface area (Å²) >= 11 is 0. The van der Waals surface area contributed by atoms with Crippen molar-refractivity contribution in [3.05, 3.63) is 24.3 Å². The fraction of sp³-hybridized carbons (Fsp3) is 0.500. The fourth-order valence-corrected chi connectivity index (χ4v) is 3.76. The molecule has 1 N–H and O–H groups in total. The molecule has 6 heteroatoms. The van der Waals surface area contributed by atoms with E-state index in [-0.39, 0.29) is 5.92 Å². The molecule has 0 unspecified atom stereocenters. The molecule has 1 aromatic carbocycles. The van der Waals surface area contributed by atoms with Gasteiger partial charge in [-0.15, -0.1) is 0 Å². The molecule has 1 saturated heterocycles. The summed E-state index contributed by atoms with van der Waals surface area (Å²) in [6.07, 6.45) is 2.55. The summed E-state index contributed by atoms with van der Waals surface area (Å²) < 4.78 is 27.0. The van der Waals surface area contributed by atoms with Crippen LogP contribution < -0.4 is 9.62 Å². The number of piperidine rings is 1. The summed E-state index contributed by atoms with van der Waals surface area (Å²) in [5, 5.41) is 0. The van der Waals surface area contributed by atoms with Crippen LogP contribution in [0.2, 0.25) is 0 Å². The van der Waals surface area contributed by atoms with Crippen LogP contribution in [0.1, 0.15) is 19.8 Å². The van der Waals surface area contributed by atoms with E-state index in [0.29, 0.717) is 24.5 Å². The third kappa shape index (κ3) is 3.19. The number of sulfonamides is 1. The molecule has 1 aliphatic rings. The minimum absolute atomic E-state index is 0.101. The first kappa shape index (κ1) is 15.0. The highest BCUT2D eigenvalue weighted by molar-refractivity contribution is 7.89. The van der Waals surface area contributed by atoms with Crippen molar-refractivity contribution in [1.82, 2.24) is 4.72 Å². The van der Waals surface area contributed by atoms with E-state index in [9.17, 15) is 13.2 Å². The Morgan fingerprint density at radius 3 is 2.55 bits per heavy atom. The number of nitrogens with one attached hydrogen (secondary N) is 1. The Morgan fingerprint density at radius 2 is 1.95 bits per heavy atom. The van der Waals surface area contributed by atoms with Gasteiger partial charge >= 0.3 is 0 Å². The maximum atomic E-state index is 12.2. The molecule has 0 spiro atoms. The minimum atomic E-state index is -3.47. The van der Waals surface area contributed by atoms with E-state index >= 15 is 0 Å². The van der Waals surface area contributed by atoms with Crippen LogP contribution in [0.25, 0.3) is 0 Å². The number of benzene rings is 1. The second-order valence-corrected chi connectivity index (χ2v) is 6.66. The molecule has 1 aromatic rings. The van der Waals surface area contributed by atoms with Crippen LogP contribution in [-0.4, -0.2) is 34.3 Å². The van der Waals surface area contributed by atoms with Gasteiger partial charge in [0.05, 0.1) is 5.69 Å². The lowest BCUT2D eigenvalue weighted by Gasteiger charge is -2.32. The number of aldehydes is 1. The molecular weight excluding hydrogens is 276 g/mol. The molecule has 5 nitrogen and oxygen atoms in total. The molecule has 110 valence electrons. The lowest BCUT2D eigenvalue weighted by Crippen LogP contribution is -2.35. The number of hydrogen-bond acceptors (Lipinski definition) is 4. The smallest absolute Gasteiger partial charge is 0.242 e. The predicted octanol–water partition coefficient (Wildman–Crippen LogP) is 1.40. The monoisotopic (exact) mass is 296 g/mol. The zero-order valence-electron chi connectivity index (χ0n) is 11.6. The minimum Gasteiger partial charge on any atom is -0.370 e. The molecule has 1 heterocycles. The first-order chi connectivity index (χ1) is 9.58. The number of anilines is 1. The van der Waals surface area contributed by atoms with Crippen molar-refractivity contribution < 1.29 is 13.2 Å². The molecule has 1 fully saturated rings. The van der Waals surface area contributed by atoms with E-state index in [4.69, 9.17) is 0 Å². The van der Waals surface area contributed by atoms with Crippen molar-refractivity contribution in [2.45, 2.75) is 24.7 Å². The fourth-order valence-electron chi connectivity index (χ4n) is 2.49. The van der Waals surface area contributed by atoms with E-state index in [0.717, 1.165) is 24.8 Å². The van der Waals surface area contributed by atoms with Gasteiger partial charge in [-0.2, -0.15) is 0 Å². The molecule has 0 aromatic heterocycles. The number of rotatable bonds is 5. The number of carbonyl (C=O) groups is 1. The van der Waals surface area contributed by atoms with Crippen LogP contribution in [0.4, 0.5) is 5.69 Å². The van der Waals surface area contributed by atoms with Gasteiger partial charge in [0.15, 0.2) is 0 Å². The maximum absolute atomic E-state index is 12.2. The summed E-state index contributed by atoms with van der Waals surface area (Å²) in [4.78, 5) is 13.1. The van der Waals surface area contributed by atoms with Gasteiger partial charge in [-0.25, -0.2) is 13.1 Å². The molecule has 0 aliphatic carbocycles. The quantitative estimate of drug-likeness (QED) is 0.834. The average molecular weight is 296 g/mol. The van der Waals surface area contributed by atoms with Gasteiger partial charge in [-0.1, -0.05) is 19.1 Å². The lowest BCUT2D eigenvalue weighted by molar-refractivity contribution is -0.111. The Labute approximate surface area is 120 Å². The predicted molar refractivity (Wildman–Crippen MR) is 78.3 cm³/mol.